The molecule has 2 amide bonds. The molecule has 1 aliphatic heterocycles. The number of anilines is 1. The van der Waals surface area contributed by atoms with E-state index in [0.29, 0.717) is 18.3 Å². The summed E-state index contributed by atoms with van der Waals surface area (Å²) < 4.78 is 5.53. The van der Waals surface area contributed by atoms with Crippen LogP contribution in [0.4, 0.5) is 10.5 Å². The number of rotatable bonds is 4. The first kappa shape index (κ1) is 18.6. The number of carbonyl (C=O) groups excluding carboxylic acids is 1. The molecule has 4 rings (SSSR count). The molecule has 1 saturated heterocycles. The van der Waals surface area contributed by atoms with Crippen molar-refractivity contribution in [2.75, 3.05) is 18.1 Å². The summed E-state index contributed by atoms with van der Waals surface area (Å²) in [6, 6.07) is 17.2. The van der Waals surface area contributed by atoms with Gasteiger partial charge in [0, 0.05) is 22.7 Å². The van der Waals surface area contributed by atoms with Gasteiger partial charge in [-0.3, -0.25) is 0 Å². The van der Waals surface area contributed by atoms with Crippen molar-refractivity contribution in [2.24, 2.45) is 0 Å². The molecule has 1 aliphatic rings. The van der Waals surface area contributed by atoms with E-state index in [4.69, 9.17) is 4.52 Å². The lowest BCUT2D eigenvalue weighted by molar-refractivity contribution is 0.142. The van der Waals surface area contributed by atoms with Gasteiger partial charge in [-0.1, -0.05) is 35.5 Å². The third-order valence-electron chi connectivity index (χ3n) is 4.86. The van der Waals surface area contributed by atoms with Crippen LogP contribution in [0.3, 0.4) is 0 Å². The van der Waals surface area contributed by atoms with Gasteiger partial charge in [0.2, 0.25) is 11.7 Å². The fraction of sp³-hybridized carbons (Fsp3) is 0.286. The summed E-state index contributed by atoms with van der Waals surface area (Å²) in [6.07, 6.45) is 4.84. The van der Waals surface area contributed by atoms with Gasteiger partial charge in [-0.05, 0) is 49.8 Å². The van der Waals surface area contributed by atoms with Gasteiger partial charge in [-0.15, -0.1) is 11.8 Å². The van der Waals surface area contributed by atoms with E-state index in [1.54, 1.807) is 16.7 Å². The van der Waals surface area contributed by atoms with Crippen LogP contribution in [-0.4, -0.2) is 33.9 Å². The topological polar surface area (TPSA) is 71.3 Å². The summed E-state index contributed by atoms with van der Waals surface area (Å²) in [6.45, 7) is 0.669. The number of aromatic nitrogens is 2. The average Bonchev–Trinajstić information content (AvgIpc) is 3.25. The van der Waals surface area contributed by atoms with Crippen molar-refractivity contribution in [1.82, 2.24) is 15.0 Å². The minimum absolute atomic E-state index is 0.138. The summed E-state index contributed by atoms with van der Waals surface area (Å²) >= 11 is 1.67. The summed E-state index contributed by atoms with van der Waals surface area (Å²) in [7, 11) is 0. The number of urea groups is 1. The van der Waals surface area contributed by atoms with Gasteiger partial charge in [0.25, 0.3) is 0 Å². The van der Waals surface area contributed by atoms with Gasteiger partial charge >= 0.3 is 6.03 Å². The molecule has 0 aliphatic carbocycles. The molecule has 1 fully saturated rings. The van der Waals surface area contributed by atoms with E-state index < -0.39 is 0 Å². The maximum Gasteiger partial charge on any atom is 0.322 e. The number of likely N-dealkylation sites (tertiary alicyclic amines) is 1. The second-order valence-electron chi connectivity index (χ2n) is 6.69. The number of benzene rings is 2. The highest BCUT2D eigenvalue weighted by Gasteiger charge is 2.32. The van der Waals surface area contributed by atoms with E-state index in [-0.39, 0.29) is 12.1 Å². The van der Waals surface area contributed by atoms with Crippen LogP contribution in [-0.2, 0) is 0 Å². The molecule has 6 nitrogen and oxygen atoms in total. The van der Waals surface area contributed by atoms with Crippen molar-refractivity contribution in [3.8, 4) is 11.4 Å². The van der Waals surface area contributed by atoms with E-state index in [2.05, 4.69) is 15.5 Å². The normalized spacial score (nSPS) is 16.8. The molecular weight excluding hydrogens is 372 g/mol. The van der Waals surface area contributed by atoms with Crippen LogP contribution in [0.25, 0.3) is 11.4 Å². The van der Waals surface area contributed by atoms with Gasteiger partial charge in [0.15, 0.2) is 0 Å². The number of thioether (sulfide) groups is 1. The number of piperidine rings is 1. The Balaban J connectivity index is 1.51. The predicted molar refractivity (Wildman–Crippen MR) is 110 cm³/mol. The summed E-state index contributed by atoms with van der Waals surface area (Å²) in [4.78, 5) is 20.4. The molecule has 0 saturated carbocycles. The van der Waals surface area contributed by atoms with Crippen LogP contribution >= 0.6 is 11.8 Å². The Kier molecular flexibility index (Phi) is 5.62. The molecular formula is C21H22N4O2S. The fourth-order valence-corrected chi connectivity index (χ4v) is 3.78. The highest BCUT2D eigenvalue weighted by atomic mass is 32.2. The van der Waals surface area contributed by atoms with Crippen LogP contribution in [0, 0.1) is 0 Å². The lowest BCUT2D eigenvalue weighted by Gasteiger charge is -2.33. The van der Waals surface area contributed by atoms with Crippen LogP contribution in [0.1, 0.15) is 31.2 Å². The maximum atomic E-state index is 12.9. The van der Waals surface area contributed by atoms with Gasteiger partial charge in [-0.2, -0.15) is 4.98 Å². The Labute approximate surface area is 168 Å². The van der Waals surface area contributed by atoms with E-state index in [1.807, 2.05) is 60.9 Å². The Hall–Kier alpha value is -2.80. The molecule has 0 spiro atoms. The zero-order valence-corrected chi connectivity index (χ0v) is 16.5. The zero-order valence-electron chi connectivity index (χ0n) is 15.7. The van der Waals surface area contributed by atoms with Crippen molar-refractivity contribution < 1.29 is 9.32 Å². The van der Waals surface area contributed by atoms with Gasteiger partial charge in [0.05, 0.1) is 0 Å². The first-order valence-corrected chi connectivity index (χ1v) is 10.6. The van der Waals surface area contributed by atoms with E-state index >= 15 is 0 Å². The second-order valence-corrected chi connectivity index (χ2v) is 7.57. The molecule has 0 radical (unpaired) electrons. The molecule has 1 aromatic heterocycles. The highest BCUT2D eigenvalue weighted by Crippen LogP contribution is 2.31. The van der Waals surface area contributed by atoms with Crippen LogP contribution in [0.5, 0.6) is 0 Å². The van der Waals surface area contributed by atoms with Gasteiger partial charge < -0.3 is 14.7 Å². The molecule has 2 heterocycles. The summed E-state index contributed by atoms with van der Waals surface area (Å²) in [5.74, 6) is 1.04. The number of amides is 2. The molecule has 1 N–H and O–H groups in total. The quantitative estimate of drug-likeness (QED) is 0.615. The number of hydrogen-bond acceptors (Lipinski definition) is 5. The molecule has 144 valence electrons. The van der Waals surface area contributed by atoms with E-state index in [1.165, 1.54) is 0 Å². The smallest absolute Gasteiger partial charge is 0.322 e. The standard InChI is InChI=1S/C21H22N4O2S/c1-28-17-12-10-16(11-13-17)22-21(26)25-14-6-5-9-18(25)20-23-19(24-27-20)15-7-3-2-4-8-15/h2-4,7-8,10-13,18H,5-6,9,14H2,1H3,(H,22,26)/t18-/m0/s1. The molecule has 3 aromatic rings. The van der Waals surface area contributed by atoms with Crippen molar-refractivity contribution in [3.63, 3.8) is 0 Å². The number of carbonyl (C=O) groups is 1. The first-order chi connectivity index (χ1) is 13.7. The molecule has 0 bridgehead atoms. The minimum Gasteiger partial charge on any atom is -0.337 e. The van der Waals surface area contributed by atoms with Crippen molar-refractivity contribution in [2.45, 2.75) is 30.2 Å². The maximum absolute atomic E-state index is 12.9. The van der Waals surface area contributed by atoms with E-state index in [0.717, 1.165) is 35.4 Å². The molecule has 1 atom stereocenters. The number of hydrogen-bond donors (Lipinski definition) is 1. The molecule has 0 unspecified atom stereocenters. The number of nitrogens with one attached hydrogen (secondary N) is 1. The Bertz CT molecular complexity index is 927. The second kappa shape index (κ2) is 8.48. The predicted octanol–water partition coefficient (Wildman–Crippen LogP) is 5.22. The zero-order chi connectivity index (χ0) is 19.3. The van der Waals surface area contributed by atoms with Crippen LogP contribution < -0.4 is 5.32 Å². The molecule has 2 aromatic carbocycles. The fourth-order valence-electron chi connectivity index (χ4n) is 3.38. The Morgan fingerprint density at radius 3 is 2.68 bits per heavy atom. The third-order valence-corrected chi connectivity index (χ3v) is 5.61. The SMILES string of the molecule is CSc1ccc(NC(=O)N2CCCC[C@H]2c2nc(-c3ccccc3)no2)cc1. The van der Waals surface area contributed by atoms with E-state index in [9.17, 15) is 4.79 Å². The van der Waals surface area contributed by atoms with Crippen LogP contribution in [0.2, 0.25) is 0 Å². The van der Waals surface area contributed by atoms with Crippen LogP contribution in [0.15, 0.2) is 64.0 Å². The minimum atomic E-state index is -0.204. The van der Waals surface area contributed by atoms with Crippen molar-refractivity contribution in [3.05, 3.63) is 60.5 Å². The summed E-state index contributed by atoms with van der Waals surface area (Å²) in [5, 5.41) is 7.10. The Morgan fingerprint density at radius 2 is 1.93 bits per heavy atom. The average molecular weight is 395 g/mol. The van der Waals surface area contributed by atoms with Gasteiger partial charge in [0.1, 0.15) is 6.04 Å². The first-order valence-electron chi connectivity index (χ1n) is 9.35. The largest absolute Gasteiger partial charge is 0.337 e. The molecule has 7 heteroatoms. The van der Waals surface area contributed by atoms with Gasteiger partial charge in [-0.25, -0.2) is 4.79 Å². The Morgan fingerprint density at radius 1 is 1.14 bits per heavy atom. The summed E-state index contributed by atoms with van der Waals surface area (Å²) in [5.41, 5.74) is 1.68. The van der Waals surface area contributed by atoms with Crippen molar-refractivity contribution in [1.29, 1.82) is 0 Å². The molecule has 28 heavy (non-hydrogen) atoms. The number of nitrogens with zero attached hydrogens (tertiary/aromatic N) is 3. The lowest BCUT2D eigenvalue weighted by Crippen LogP contribution is -2.41. The van der Waals surface area contributed by atoms with Crippen molar-refractivity contribution >= 4 is 23.5 Å². The monoisotopic (exact) mass is 394 g/mol. The lowest BCUT2D eigenvalue weighted by atomic mass is 10.0. The highest BCUT2D eigenvalue weighted by molar-refractivity contribution is 7.98. The third kappa shape index (κ3) is 4.04.